The number of tetrazole rings is 1. The minimum atomic E-state index is 0.225. The van der Waals surface area contributed by atoms with Gasteiger partial charge >= 0.3 is 5.95 Å². The van der Waals surface area contributed by atoms with Gasteiger partial charge < -0.3 is 4.74 Å². The number of rotatable bonds is 6. The number of azo groups is 1. The summed E-state index contributed by atoms with van der Waals surface area (Å²) in [5.74, 6) is 1.05. The van der Waals surface area contributed by atoms with Crippen molar-refractivity contribution in [3.05, 3.63) is 65.7 Å². The molecule has 0 radical (unpaired) electrons. The molecule has 2 aromatic carbocycles. The largest absolute Gasteiger partial charge is 0.489 e. The highest BCUT2D eigenvalue weighted by Crippen LogP contribution is 2.15. The summed E-state index contributed by atoms with van der Waals surface area (Å²) < 4.78 is 5.72. The summed E-state index contributed by atoms with van der Waals surface area (Å²) in [4.78, 5) is 0. The van der Waals surface area contributed by atoms with Gasteiger partial charge in [-0.1, -0.05) is 47.6 Å². The lowest BCUT2D eigenvalue weighted by molar-refractivity contribution is 0.306. The highest BCUT2D eigenvalue weighted by Gasteiger charge is 1.97. The number of hydrogen-bond acceptors (Lipinski definition) is 6. The van der Waals surface area contributed by atoms with E-state index in [2.05, 4.69) is 30.9 Å². The van der Waals surface area contributed by atoms with Crippen LogP contribution in [-0.2, 0) is 13.2 Å². The van der Waals surface area contributed by atoms with E-state index in [1.54, 1.807) is 0 Å². The molecule has 3 aromatic rings. The third-order valence-corrected chi connectivity index (χ3v) is 2.92. The number of aromatic amines is 1. The summed E-state index contributed by atoms with van der Waals surface area (Å²) in [6, 6.07) is 17.8. The third-order valence-electron chi connectivity index (χ3n) is 2.92. The molecule has 0 saturated carbocycles. The van der Waals surface area contributed by atoms with Crippen LogP contribution in [0.4, 0.5) is 5.95 Å². The van der Waals surface area contributed by atoms with E-state index in [-0.39, 0.29) is 5.95 Å². The van der Waals surface area contributed by atoms with Crippen molar-refractivity contribution in [2.75, 3.05) is 0 Å². The molecule has 1 N–H and O–H groups in total. The van der Waals surface area contributed by atoms with E-state index >= 15 is 0 Å². The van der Waals surface area contributed by atoms with E-state index in [1.807, 2.05) is 54.6 Å². The van der Waals surface area contributed by atoms with Gasteiger partial charge in [-0.3, -0.25) is 0 Å². The topological polar surface area (TPSA) is 88.4 Å². The van der Waals surface area contributed by atoms with Crippen LogP contribution in [0.15, 0.2) is 64.8 Å². The Morgan fingerprint density at radius 2 is 1.77 bits per heavy atom. The van der Waals surface area contributed by atoms with Crippen LogP contribution >= 0.6 is 0 Å². The van der Waals surface area contributed by atoms with E-state index in [9.17, 15) is 0 Å². The summed E-state index contributed by atoms with van der Waals surface area (Å²) in [7, 11) is 0. The van der Waals surface area contributed by atoms with Gasteiger partial charge in [0.25, 0.3) is 0 Å². The molecule has 0 atom stereocenters. The average molecular weight is 294 g/mol. The first-order chi connectivity index (χ1) is 10.9. The van der Waals surface area contributed by atoms with Crippen molar-refractivity contribution in [1.29, 1.82) is 0 Å². The quantitative estimate of drug-likeness (QED) is 0.707. The van der Waals surface area contributed by atoms with Crippen LogP contribution in [0, 0.1) is 0 Å². The van der Waals surface area contributed by atoms with Gasteiger partial charge in [-0.15, -0.1) is 10.2 Å². The van der Waals surface area contributed by atoms with Crippen LogP contribution in [0.2, 0.25) is 0 Å². The second-order valence-electron chi connectivity index (χ2n) is 4.53. The van der Waals surface area contributed by atoms with Gasteiger partial charge in [0.05, 0.1) is 6.54 Å². The van der Waals surface area contributed by atoms with Gasteiger partial charge in [-0.25, -0.2) is 0 Å². The number of benzene rings is 2. The number of hydrogen-bond donors (Lipinski definition) is 1. The van der Waals surface area contributed by atoms with Crippen molar-refractivity contribution >= 4 is 5.95 Å². The van der Waals surface area contributed by atoms with Gasteiger partial charge in [0.15, 0.2) is 0 Å². The monoisotopic (exact) mass is 294 g/mol. The minimum absolute atomic E-state index is 0.225. The van der Waals surface area contributed by atoms with Crippen molar-refractivity contribution in [3.63, 3.8) is 0 Å². The molecule has 0 saturated heterocycles. The molecule has 110 valence electrons. The first-order valence-electron chi connectivity index (χ1n) is 6.77. The molecule has 1 aromatic heterocycles. The van der Waals surface area contributed by atoms with Gasteiger partial charge in [0.2, 0.25) is 0 Å². The Morgan fingerprint density at radius 3 is 2.50 bits per heavy atom. The Labute approximate surface area is 127 Å². The molecule has 0 bridgehead atoms. The molecule has 1 heterocycles. The van der Waals surface area contributed by atoms with Crippen molar-refractivity contribution < 1.29 is 4.74 Å². The van der Waals surface area contributed by atoms with Crippen molar-refractivity contribution in [3.8, 4) is 5.75 Å². The molecule has 0 spiro atoms. The molecule has 0 fully saturated rings. The van der Waals surface area contributed by atoms with E-state index in [0.717, 1.165) is 16.9 Å². The Morgan fingerprint density at radius 1 is 0.955 bits per heavy atom. The van der Waals surface area contributed by atoms with Gasteiger partial charge in [-0.05, 0) is 28.5 Å². The zero-order valence-electron chi connectivity index (χ0n) is 11.8. The molecule has 0 amide bonds. The van der Waals surface area contributed by atoms with Crippen molar-refractivity contribution in [2.24, 2.45) is 10.2 Å². The number of H-pyrrole nitrogens is 1. The predicted octanol–water partition coefficient (Wildman–Crippen LogP) is 3.06. The molecule has 22 heavy (non-hydrogen) atoms. The van der Waals surface area contributed by atoms with E-state index in [1.165, 1.54) is 0 Å². The van der Waals surface area contributed by atoms with E-state index < -0.39 is 0 Å². The smallest absolute Gasteiger partial charge is 0.307 e. The Hall–Kier alpha value is -3.09. The summed E-state index contributed by atoms with van der Waals surface area (Å²) in [6.45, 7) is 1.01. The minimum Gasteiger partial charge on any atom is -0.489 e. The van der Waals surface area contributed by atoms with Crippen molar-refractivity contribution in [2.45, 2.75) is 13.2 Å². The third kappa shape index (κ3) is 3.95. The molecule has 7 heteroatoms. The lowest BCUT2D eigenvalue weighted by Gasteiger charge is -2.06. The highest BCUT2D eigenvalue weighted by molar-refractivity contribution is 5.27. The fourth-order valence-electron chi connectivity index (χ4n) is 1.81. The highest BCUT2D eigenvalue weighted by atomic mass is 16.5. The van der Waals surface area contributed by atoms with Crippen LogP contribution in [0.1, 0.15) is 11.1 Å². The van der Waals surface area contributed by atoms with E-state index in [0.29, 0.717) is 13.2 Å². The maximum atomic E-state index is 5.72. The summed E-state index contributed by atoms with van der Waals surface area (Å²) in [5.41, 5.74) is 2.17. The fraction of sp³-hybridized carbons (Fsp3) is 0.133. The summed E-state index contributed by atoms with van der Waals surface area (Å²) in [6.07, 6.45) is 0. The first kappa shape index (κ1) is 13.9. The number of nitrogens with zero attached hydrogens (tertiary/aromatic N) is 5. The second kappa shape index (κ2) is 7.07. The molecule has 0 unspecified atom stereocenters. The Bertz CT molecular complexity index is 710. The molecule has 3 rings (SSSR count). The van der Waals surface area contributed by atoms with E-state index in [4.69, 9.17) is 4.74 Å². The lowest BCUT2D eigenvalue weighted by Crippen LogP contribution is -1.94. The van der Waals surface area contributed by atoms with Gasteiger partial charge in [0, 0.05) is 0 Å². The average Bonchev–Trinajstić information content (AvgIpc) is 3.08. The maximum absolute atomic E-state index is 5.72. The maximum Gasteiger partial charge on any atom is 0.307 e. The number of aromatic nitrogens is 4. The summed E-state index contributed by atoms with van der Waals surface area (Å²) in [5, 5.41) is 20.9. The van der Waals surface area contributed by atoms with Crippen LogP contribution in [0.25, 0.3) is 0 Å². The molecule has 0 aliphatic rings. The molecule has 0 aliphatic carbocycles. The number of nitrogens with one attached hydrogen (secondary N) is 1. The first-order valence-corrected chi connectivity index (χ1v) is 6.77. The fourth-order valence-corrected chi connectivity index (χ4v) is 1.81. The molecular formula is C15H14N6O. The molecular weight excluding hydrogens is 280 g/mol. The second-order valence-corrected chi connectivity index (χ2v) is 4.53. The SMILES string of the molecule is c1ccc(COc2ccc(CN=Nc3nn[nH]n3)cc2)cc1. The lowest BCUT2D eigenvalue weighted by atomic mass is 10.2. The predicted molar refractivity (Wildman–Crippen MR) is 79.6 cm³/mol. The van der Waals surface area contributed by atoms with Crippen molar-refractivity contribution in [1.82, 2.24) is 20.6 Å². The Kier molecular flexibility index (Phi) is 4.46. The number of ether oxygens (including phenoxy) is 1. The molecule has 7 nitrogen and oxygen atoms in total. The van der Waals surface area contributed by atoms with Crippen LogP contribution in [-0.4, -0.2) is 20.6 Å². The van der Waals surface area contributed by atoms with Gasteiger partial charge in [0.1, 0.15) is 12.4 Å². The van der Waals surface area contributed by atoms with Crippen LogP contribution < -0.4 is 4.74 Å². The summed E-state index contributed by atoms with van der Waals surface area (Å²) >= 11 is 0. The van der Waals surface area contributed by atoms with Crippen LogP contribution in [0.5, 0.6) is 5.75 Å². The molecule has 0 aliphatic heterocycles. The Balaban J connectivity index is 1.52. The standard InChI is InChI=1S/C15H14N6O/c1-2-4-13(5-3-1)11-22-14-8-6-12(7-9-14)10-16-17-15-18-20-21-19-15/h1-9H,10-11H2,(H,18,19,20,21). The zero-order valence-corrected chi connectivity index (χ0v) is 11.8. The normalized spacial score (nSPS) is 10.9. The zero-order chi connectivity index (χ0) is 15.0. The van der Waals surface area contributed by atoms with Crippen LogP contribution in [0.3, 0.4) is 0 Å². The van der Waals surface area contributed by atoms with Gasteiger partial charge in [-0.2, -0.15) is 10.3 Å².